The van der Waals surface area contributed by atoms with Gasteiger partial charge in [-0.1, -0.05) is 18.2 Å². The number of amides is 1. The van der Waals surface area contributed by atoms with Crippen molar-refractivity contribution in [3.63, 3.8) is 0 Å². The highest BCUT2D eigenvalue weighted by molar-refractivity contribution is 7.22. The predicted octanol–water partition coefficient (Wildman–Crippen LogP) is 4.22. The molecule has 2 fully saturated rings. The Labute approximate surface area is 203 Å². The lowest BCUT2D eigenvalue weighted by atomic mass is 9.97. The highest BCUT2D eigenvalue weighted by Gasteiger charge is 2.31. The highest BCUT2D eigenvalue weighted by Crippen LogP contribution is 2.35. The molecule has 7 nitrogen and oxygen atoms in total. The van der Waals surface area contributed by atoms with E-state index in [2.05, 4.69) is 23.1 Å². The molecule has 0 spiro atoms. The van der Waals surface area contributed by atoms with Crippen molar-refractivity contribution in [2.45, 2.75) is 19.8 Å². The first-order chi connectivity index (χ1) is 16.6. The topological polar surface area (TPSA) is 72.0 Å². The Morgan fingerprint density at radius 1 is 1.15 bits per heavy atom. The maximum atomic E-state index is 13.5. The zero-order chi connectivity index (χ0) is 23.5. The van der Waals surface area contributed by atoms with Crippen molar-refractivity contribution < 1.29 is 19.1 Å². The number of fused-ring (bicyclic) bond motifs is 1. The van der Waals surface area contributed by atoms with Crippen LogP contribution in [0.25, 0.3) is 20.7 Å². The number of thiophene rings is 1. The normalized spacial score (nSPS) is 18.8. The summed E-state index contributed by atoms with van der Waals surface area (Å²) in [6, 6.07) is 14.3. The second-order valence-corrected chi connectivity index (χ2v) is 9.74. The number of pyridine rings is 1. The van der Waals surface area contributed by atoms with E-state index < -0.39 is 0 Å². The van der Waals surface area contributed by atoms with Crippen LogP contribution in [0.15, 0.2) is 42.5 Å². The Morgan fingerprint density at radius 3 is 2.76 bits per heavy atom. The third-order valence-electron chi connectivity index (χ3n) is 6.42. The van der Waals surface area contributed by atoms with E-state index in [1.54, 1.807) is 11.3 Å². The van der Waals surface area contributed by atoms with Crippen LogP contribution in [0.3, 0.4) is 0 Å². The smallest absolute Gasteiger partial charge is 0.310 e. The third kappa shape index (κ3) is 4.65. The molecule has 34 heavy (non-hydrogen) atoms. The molecule has 0 aliphatic carbocycles. The average molecular weight is 480 g/mol. The van der Waals surface area contributed by atoms with Gasteiger partial charge in [-0.2, -0.15) is 0 Å². The summed E-state index contributed by atoms with van der Waals surface area (Å²) in [7, 11) is 0. The molecule has 4 heterocycles. The summed E-state index contributed by atoms with van der Waals surface area (Å²) in [5.41, 5.74) is 1.42. The van der Waals surface area contributed by atoms with Gasteiger partial charge in [0.05, 0.1) is 41.9 Å². The van der Waals surface area contributed by atoms with E-state index in [0.717, 1.165) is 30.0 Å². The van der Waals surface area contributed by atoms with Crippen LogP contribution >= 0.6 is 11.3 Å². The van der Waals surface area contributed by atoms with E-state index in [0.29, 0.717) is 50.8 Å². The van der Waals surface area contributed by atoms with E-state index in [-0.39, 0.29) is 17.8 Å². The lowest BCUT2D eigenvalue weighted by Gasteiger charge is -2.34. The summed E-state index contributed by atoms with van der Waals surface area (Å²) in [5.74, 6) is 0.233. The Kier molecular flexibility index (Phi) is 6.78. The highest BCUT2D eigenvalue weighted by atomic mass is 32.1. The molecule has 1 aromatic carbocycles. The van der Waals surface area contributed by atoms with Crippen LogP contribution in [0.1, 0.15) is 30.1 Å². The average Bonchev–Trinajstić information content (AvgIpc) is 3.33. The molecule has 0 bridgehead atoms. The molecule has 0 unspecified atom stereocenters. The molecule has 5 rings (SSSR count). The van der Waals surface area contributed by atoms with Gasteiger partial charge in [0.25, 0.3) is 5.91 Å². The zero-order valence-electron chi connectivity index (χ0n) is 19.4. The van der Waals surface area contributed by atoms with Gasteiger partial charge in [0.15, 0.2) is 0 Å². The number of aromatic nitrogens is 1. The number of hydrogen-bond acceptors (Lipinski definition) is 7. The van der Waals surface area contributed by atoms with E-state index in [1.165, 1.54) is 10.1 Å². The monoisotopic (exact) mass is 479 g/mol. The summed E-state index contributed by atoms with van der Waals surface area (Å²) in [5, 5.41) is 1.18. The summed E-state index contributed by atoms with van der Waals surface area (Å²) in [6.07, 6.45) is 1.64. The number of nitrogens with zero attached hydrogens (tertiary/aromatic N) is 3. The van der Waals surface area contributed by atoms with Gasteiger partial charge in [0.2, 0.25) is 0 Å². The minimum atomic E-state index is -0.213. The van der Waals surface area contributed by atoms with Crippen molar-refractivity contribution in [2.24, 2.45) is 5.92 Å². The molecule has 178 valence electrons. The fraction of sp³-hybridized carbons (Fsp3) is 0.423. The second-order valence-electron chi connectivity index (χ2n) is 8.66. The number of carbonyl (C=O) groups excluding carboxylic acids is 2. The molecule has 2 aliphatic rings. The number of piperidine rings is 1. The molecule has 0 N–H and O–H groups in total. The number of rotatable bonds is 5. The maximum Gasteiger partial charge on any atom is 0.310 e. The van der Waals surface area contributed by atoms with Gasteiger partial charge in [-0.25, -0.2) is 4.98 Å². The van der Waals surface area contributed by atoms with Crippen molar-refractivity contribution >= 4 is 39.1 Å². The fourth-order valence-corrected chi connectivity index (χ4v) is 5.69. The largest absolute Gasteiger partial charge is 0.466 e. The predicted molar refractivity (Wildman–Crippen MR) is 133 cm³/mol. The molecule has 3 aromatic rings. The fourth-order valence-electron chi connectivity index (χ4n) is 4.66. The lowest BCUT2D eigenvalue weighted by Crippen LogP contribution is -2.43. The number of hydrogen-bond donors (Lipinski definition) is 0. The maximum absolute atomic E-state index is 13.5. The summed E-state index contributed by atoms with van der Waals surface area (Å²) >= 11 is 1.69. The zero-order valence-corrected chi connectivity index (χ0v) is 20.2. The molecule has 2 aliphatic heterocycles. The van der Waals surface area contributed by atoms with Crippen molar-refractivity contribution in [1.82, 2.24) is 9.88 Å². The summed E-state index contributed by atoms with van der Waals surface area (Å²) < 4.78 is 11.9. The third-order valence-corrected chi connectivity index (χ3v) is 7.56. The number of carbonyl (C=O) groups is 2. The van der Waals surface area contributed by atoms with Crippen molar-refractivity contribution in [3.05, 3.63) is 48.0 Å². The SMILES string of the molecule is CCOC(=O)[C@@H]1CCCN(c2nc(-c3cc4ccccc4s3)ccc2C(=O)N2CCOCC2)C1. The molecular formula is C26H29N3O4S. The van der Waals surface area contributed by atoms with Gasteiger partial charge < -0.3 is 19.3 Å². The van der Waals surface area contributed by atoms with E-state index in [1.807, 2.05) is 36.1 Å². The number of benzene rings is 1. The standard InChI is InChI=1S/C26H29N3O4S/c1-2-33-26(31)19-7-5-11-29(17-19)24-20(25(30)28-12-14-32-15-13-28)9-10-21(27-24)23-16-18-6-3-4-8-22(18)34-23/h3-4,6,8-10,16,19H,2,5,7,11-15,17H2,1H3/t19-/m1/s1. The second kappa shape index (κ2) is 10.1. The quantitative estimate of drug-likeness (QED) is 0.511. The molecule has 2 aromatic heterocycles. The Balaban J connectivity index is 1.52. The number of morpholine rings is 1. The molecule has 1 amide bonds. The van der Waals surface area contributed by atoms with Crippen LogP contribution in [0.5, 0.6) is 0 Å². The van der Waals surface area contributed by atoms with Crippen LogP contribution < -0.4 is 4.90 Å². The Morgan fingerprint density at radius 2 is 1.97 bits per heavy atom. The van der Waals surface area contributed by atoms with Crippen LogP contribution in [0.4, 0.5) is 5.82 Å². The van der Waals surface area contributed by atoms with E-state index in [9.17, 15) is 9.59 Å². The van der Waals surface area contributed by atoms with Gasteiger partial charge in [-0.15, -0.1) is 11.3 Å². The molecule has 1 atom stereocenters. The molecule has 8 heteroatoms. The summed E-state index contributed by atoms with van der Waals surface area (Å²) in [6.45, 7) is 5.69. The first-order valence-electron chi connectivity index (χ1n) is 11.9. The molecule has 0 saturated carbocycles. The molecule has 0 radical (unpaired) electrons. The van der Waals surface area contributed by atoms with Crippen molar-refractivity contribution in [2.75, 3.05) is 50.9 Å². The lowest BCUT2D eigenvalue weighted by molar-refractivity contribution is -0.148. The van der Waals surface area contributed by atoms with Crippen molar-refractivity contribution in [3.8, 4) is 10.6 Å². The number of esters is 1. The van der Waals surface area contributed by atoms with Gasteiger partial charge in [0.1, 0.15) is 5.82 Å². The summed E-state index contributed by atoms with van der Waals surface area (Å²) in [4.78, 5) is 36.0. The number of ether oxygens (including phenoxy) is 2. The van der Waals surface area contributed by atoms with Gasteiger partial charge >= 0.3 is 5.97 Å². The van der Waals surface area contributed by atoms with Crippen LogP contribution in [-0.4, -0.2) is 67.8 Å². The Bertz CT molecular complexity index is 1150. The van der Waals surface area contributed by atoms with E-state index in [4.69, 9.17) is 14.5 Å². The van der Waals surface area contributed by atoms with E-state index >= 15 is 0 Å². The van der Waals surface area contributed by atoms with Gasteiger partial charge in [0, 0.05) is 30.9 Å². The number of anilines is 1. The molecular weight excluding hydrogens is 450 g/mol. The van der Waals surface area contributed by atoms with Crippen LogP contribution in [0.2, 0.25) is 0 Å². The molecule has 2 saturated heterocycles. The first kappa shape index (κ1) is 22.8. The van der Waals surface area contributed by atoms with Crippen molar-refractivity contribution in [1.29, 1.82) is 0 Å². The van der Waals surface area contributed by atoms with Gasteiger partial charge in [-0.05, 0) is 49.4 Å². The minimum Gasteiger partial charge on any atom is -0.466 e. The Hall–Kier alpha value is -2.97. The van der Waals surface area contributed by atoms with Crippen LogP contribution in [-0.2, 0) is 14.3 Å². The first-order valence-corrected chi connectivity index (χ1v) is 12.7. The van der Waals surface area contributed by atoms with Gasteiger partial charge in [-0.3, -0.25) is 9.59 Å². The van der Waals surface area contributed by atoms with Crippen LogP contribution in [0, 0.1) is 5.92 Å². The minimum absolute atomic E-state index is 0.0352.